The molecule has 2 nitrogen and oxygen atoms in total. The molecule has 0 aromatic rings. The quantitative estimate of drug-likeness (QED) is 0.732. The summed E-state index contributed by atoms with van der Waals surface area (Å²) in [6.45, 7) is 5.72. The van der Waals surface area contributed by atoms with Crippen molar-refractivity contribution in [2.24, 2.45) is 11.7 Å². The fourth-order valence-electron chi connectivity index (χ4n) is 3.25. The van der Waals surface area contributed by atoms with Crippen molar-refractivity contribution < 1.29 is 0 Å². The van der Waals surface area contributed by atoms with Crippen LogP contribution in [0.15, 0.2) is 0 Å². The lowest BCUT2D eigenvalue weighted by Gasteiger charge is -2.37. The van der Waals surface area contributed by atoms with Gasteiger partial charge in [-0.3, -0.25) is 4.90 Å². The molecular weight excluding hydrogens is 172 g/mol. The van der Waals surface area contributed by atoms with Crippen molar-refractivity contribution in [2.75, 3.05) is 6.54 Å². The lowest BCUT2D eigenvalue weighted by atomic mass is 9.85. The molecule has 0 amide bonds. The number of nitrogens with zero attached hydrogens (tertiary/aromatic N) is 1. The van der Waals surface area contributed by atoms with Crippen LogP contribution in [0.1, 0.15) is 46.0 Å². The van der Waals surface area contributed by atoms with Gasteiger partial charge in [0.2, 0.25) is 0 Å². The van der Waals surface area contributed by atoms with Gasteiger partial charge in [-0.05, 0) is 45.6 Å². The Bertz CT molecular complexity index is 191. The van der Waals surface area contributed by atoms with Crippen molar-refractivity contribution in [2.45, 2.75) is 64.1 Å². The molecule has 1 heterocycles. The second kappa shape index (κ2) is 4.19. The predicted molar refractivity (Wildman–Crippen MR) is 60.2 cm³/mol. The van der Waals surface area contributed by atoms with Crippen molar-refractivity contribution in [1.82, 2.24) is 4.90 Å². The molecule has 0 aromatic heterocycles. The van der Waals surface area contributed by atoms with Gasteiger partial charge in [-0.25, -0.2) is 0 Å². The van der Waals surface area contributed by atoms with E-state index >= 15 is 0 Å². The van der Waals surface area contributed by atoms with E-state index in [4.69, 9.17) is 5.73 Å². The summed E-state index contributed by atoms with van der Waals surface area (Å²) >= 11 is 0. The van der Waals surface area contributed by atoms with Crippen LogP contribution in [-0.2, 0) is 0 Å². The van der Waals surface area contributed by atoms with Gasteiger partial charge in [0.15, 0.2) is 0 Å². The third kappa shape index (κ3) is 1.82. The number of likely N-dealkylation sites (tertiary alicyclic amines) is 1. The maximum Gasteiger partial charge on any atom is 0.0219 e. The smallest absolute Gasteiger partial charge is 0.0219 e. The lowest BCUT2D eigenvalue weighted by molar-refractivity contribution is 0.128. The van der Waals surface area contributed by atoms with Gasteiger partial charge >= 0.3 is 0 Å². The Labute approximate surface area is 87.8 Å². The summed E-state index contributed by atoms with van der Waals surface area (Å²) in [5, 5.41) is 0. The second-order valence-electron chi connectivity index (χ2n) is 5.24. The van der Waals surface area contributed by atoms with Crippen LogP contribution < -0.4 is 5.73 Å². The topological polar surface area (TPSA) is 29.3 Å². The van der Waals surface area contributed by atoms with E-state index in [0.717, 1.165) is 12.0 Å². The van der Waals surface area contributed by atoms with E-state index in [0.29, 0.717) is 12.1 Å². The minimum absolute atomic E-state index is 0.315. The van der Waals surface area contributed by atoms with Crippen LogP contribution in [0.4, 0.5) is 0 Å². The number of nitrogens with two attached hydrogens (primary N) is 1. The van der Waals surface area contributed by atoms with Gasteiger partial charge in [0.25, 0.3) is 0 Å². The highest BCUT2D eigenvalue weighted by molar-refractivity contribution is 4.93. The first-order valence-corrected chi connectivity index (χ1v) is 6.21. The van der Waals surface area contributed by atoms with E-state index in [1.54, 1.807) is 0 Å². The summed E-state index contributed by atoms with van der Waals surface area (Å²) in [5.41, 5.74) is 6.00. The molecule has 2 fully saturated rings. The summed E-state index contributed by atoms with van der Waals surface area (Å²) < 4.78 is 0. The van der Waals surface area contributed by atoms with Crippen molar-refractivity contribution in [3.05, 3.63) is 0 Å². The monoisotopic (exact) mass is 196 g/mol. The Morgan fingerprint density at radius 2 is 1.86 bits per heavy atom. The van der Waals surface area contributed by atoms with E-state index < -0.39 is 0 Å². The lowest BCUT2D eigenvalue weighted by Crippen LogP contribution is -2.48. The van der Waals surface area contributed by atoms with Gasteiger partial charge in [-0.2, -0.15) is 0 Å². The Morgan fingerprint density at radius 1 is 1.14 bits per heavy atom. The Morgan fingerprint density at radius 3 is 2.57 bits per heavy atom. The van der Waals surface area contributed by atoms with E-state index in [2.05, 4.69) is 18.7 Å². The Hall–Kier alpha value is -0.0800. The minimum Gasteiger partial charge on any atom is -0.327 e. The van der Waals surface area contributed by atoms with Crippen LogP contribution in [0.3, 0.4) is 0 Å². The molecular formula is C12H24N2. The summed E-state index contributed by atoms with van der Waals surface area (Å²) in [7, 11) is 0. The third-order valence-corrected chi connectivity index (χ3v) is 4.34. The first-order chi connectivity index (χ1) is 6.70. The van der Waals surface area contributed by atoms with Gasteiger partial charge < -0.3 is 5.73 Å². The molecule has 0 bridgehead atoms. The first-order valence-electron chi connectivity index (χ1n) is 6.21. The van der Waals surface area contributed by atoms with E-state index in [-0.39, 0.29) is 0 Å². The van der Waals surface area contributed by atoms with E-state index in [1.165, 1.54) is 38.6 Å². The molecule has 2 unspecified atom stereocenters. The highest BCUT2D eigenvalue weighted by atomic mass is 15.2. The second-order valence-corrected chi connectivity index (χ2v) is 5.24. The normalized spacial score (nSPS) is 37.9. The van der Waals surface area contributed by atoms with Crippen molar-refractivity contribution in [1.29, 1.82) is 0 Å². The molecule has 2 rings (SSSR count). The molecule has 1 saturated heterocycles. The van der Waals surface area contributed by atoms with Crippen LogP contribution in [0, 0.1) is 5.92 Å². The van der Waals surface area contributed by atoms with Crippen LogP contribution >= 0.6 is 0 Å². The minimum atomic E-state index is 0.315. The van der Waals surface area contributed by atoms with Crippen molar-refractivity contribution >= 4 is 0 Å². The first kappa shape index (κ1) is 10.4. The van der Waals surface area contributed by atoms with Crippen molar-refractivity contribution in [3.63, 3.8) is 0 Å². The van der Waals surface area contributed by atoms with E-state index in [9.17, 15) is 0 Å². The van der Waals surface area contributed by atoms with Gasteiger partial charge in [0.1, 0.15) is 0 Å². The number of hydrogen-bond acceptors (Lipinski definition) is 2. The average Bonchev–Trinajstić information content (AvgIpc) is 2.60. The molecule has 14 heavy (non-hydrogen) atoms. The summed E-state index contributed by atoms with van der Waals surface area (Å²) in [4.78, 5) is 2.68. The standard InChI is InChI=1S/C12H24N2/c1-9(13)10(2)14-8-7-11-5-3-4-6-12(11)14/h9-12H,3-8,13H2,1-2H3/t9?,10?,11-,12-/m0/s1. The average molecular weight is 196 g/mol. The molecule has 1 aliphatic heterocycles. The largest absolute Gasteiger partial charge is 0.327 e. The zero-order valence-electron chi connectivity index (χ0n) is 9.58. The fraction of sp³-hybridized carbons (Fsp3) is 1.00. The Balaban J connectivity index is 2.00. The molecule has 0 aromatic carbocycles. The molecule has 2 heteroatoms. The molecule has 1 saturated carbocycles. The molecule has 0 radical (unpaired) electrons. The zero-order valence-corrected chi connectivity index (χ0v) is 9.58. The molecule has 82 valence electrons. The molecule has 4 atom stereocenters. The molecule has 2 aliphatic rings. The maximum atomic E-state index is 6.00. The number of fused-ring (bicyclic) bond motifs is 1. The van der Waals surface area contributed by atoms with Gasteiger partial charge in [-0.1, -0.05) is 12.8 Å². The van der Waals surface area contributed by atoms with Gasteiger partial charge in [0.05, 0.1) is 0 Å². The number of hydrogen-bond donors (Lipinski definition) is 1. The fourth-order valence-corrected chi connectivity index (χ4v) is 3.25. The number of rotatable bonds is 2. The Kier molecular flexibility index (Phi) is 3.13. The van der Waals surface area contributed by atoms with Crippen molar-refractivity contribution in [3.8, 4) is 0 Å². The molecule has 2 N–H and O–H groups in total. The highest BCUT2D eigenvalue weighted by Gasteiger charge is 2.38. The van der Waals surface area contributed by atoms with Crippen LogP contribution in [0.25, 0.3) is 0 Å². The third-order valence-electron chi connectivity index (χ3n) is 4.34. The SMILES string of the molecule is CC(N)C(C)N1CC[C@@H]2CCCC[C@@H]21. The van der Waals surface area contributed by atoms with Gasteiger partial charge in [-0.15, -0.1) is 0 Å². The summed E-state index contributed by atoms with van der Waals surface area (Å²) in [6.07, 6.45) is 7.20. The van der Waals surface area contributed by atoms with Crippen LogP contribution in [0.5, 0.6) is 0 Å². The van der Waals surface area contributed by atoms with E-state index in [1.807, 2.05) is 0 Å². The van der Waals surface area contributed by atoms with Gasteiger partial charge in [0, 0.05) is 18.1 Å². The molecule has 0 spiro atoms. The summed E-state index contributed by atoms with van der Waals surface area (Å²) in [6, 6.07) is 1.75. The highest BCUT2D eigenvalue weighted by Crippen LogP contribution is 2.37. The molecule has 1 aliphatic carbocycles. The van der Waals surface area contributed by atoms with Crippen LogP contribution in [-0.4, -0.2) is 29.6 Å². The van der Waals surface area contributed by atoms with Crippen LogP contribution in [0.2, 0.25) is 0 Å². The zero-order chi connectivity index (χ0) is 10.1. The summed E-state index contributed by atoms with van der Waals surface area (Å²) in [5.74, 6) is 0.991. The maximum absolute atomic E-state index is 6.00. The predicted octanol–water partition coefficient (Wildman–Crippen LogP) is 1.99.